The number of carbonyl (C=O) groups is 1. The Hall–Kier alpha value is -1.77. The lowest BCUT2D eigenvalue weighted by Crippen LogP contribution is -2.33. The molecule has 1 unspecified atom stereocenters. The van der Waals surface area contributed by atoms with Gasteiger partial charge in [0.15, 0.2) is 0 Å². The fraction of sp³-hybridized carbons (Fsp3) is 0.471. The van der Waals surface area contributed by atoms with E-state index in [1.807, 2.05) is 6.92 Å². The average molecular weight is 273 g/mol. The number of aryl methyl sites for hydroxylation is 1. The number of carboxylic acids is 1. The lowest BCUT2D eigenvalue weighted by atomic mass is 10.00. The van der Waals surface area contributed by atoms with Crippen molar-refractivity contribution in [2.45, 2.75) is 39.7 Å². The smallest absolute Gasteiger partial charge is 0.328 e. The van der Waals surface area contributed by atoms with Gasteiger partial charge in [0, 0.05) is 24.4 Å². The molecular weight excluding hydrogens is 250 g/mol. The number of hydrogen-bond donors (Lipinski definition) is 1. The Kier molecular flexibility index (Phi) is 4.48. The van der Waals surface area contributed by atoms with Crippen LogP contribution in [-0.2, 0) is 4.79 Å². The van der Waals surface area contributed by atoms with Gasteiger partial charge in [-0.25, -0.2) is 4.79 Å². The van der Waals surface area contributed by atoms with Gasteiger partial charge < -0.3 is 10.0 Å². The van der Waals surface area contributed by atoms with Crippen molar-refractivity contribution in [1.29, 1.82) is 0 Å². The Morgan fingerprint density at radius 1 is 1.45 bits per heavy atom. The lowest BCUT2D eigenvalue weighted by Gasteiger charge is -2.31. The highest BCUT2D eigenvalue weighted by molar-refractivity contribution is 5.87. The number of rotatable bonds is 4. The van der Waals surface area contributed by atoms with E-state index in [1.165, 1.54) is 18.9 Å². The molecule has 108 valence electrons. The number of nitrogens with zero attached hydrogens (tertiary/aromatic N) is 1. The standard InChI is InChI=1S/C17H23NO2/c1-12(2)15-5-4-10-18(15)16-8-6-13(3)11-14(16)7-9-17(19)20/h6-9,11-12,15H,4-5,10H2,1-3H3,(H,19,20)/b9-7+. The molecule has 1 atom stereocenters. The van der Waals surface area contributed by atoms with Crippen LogP contribution in [0.5, 0.6) is 0 Å². The summed E-state index contributed by atoms with van der Waals surface area (Å²) in [5, 5.41) is 8.84. The second-order valence-corrected chi connectivity index (χ2v) is 5.88. The zero-order chi connectivity index (χ0) is 14.7. The number of aliphatic carboxylic acids is 1. The first-order valence-electron chi connectivity index (χ1n) is 7.27. The molecule has 0 aromatic heterocycles. The topological polar surface area (TPSA) is 40.5 Å². The van der Waals surface area contributed by atoms with Crippen molar-refractivity contribution in [1.82, 2.24) is 0 Å². The summed E-state index contributed by atoms with van der Waals surface area (Å²) in [5.41, 5.74) is 3.31. The third-order valence-electron chi connectivity index (χ3n) is 3.97. The summed E-state index contributed by atoms with van der Waals surface area (Å²) in [6.45, 7) is 7.60. The SMILES string of the molecule is Cc1ccc(N2CCCC2C(C)C)c(/C=C/C(=O)O)c1. The minimum atomic E-state index is -0.903. The highest BCUT2D eigenvalue weighted by atomic mass is 16.4. The van der Waals surface area contributed by atoms with Gasteiger partial charge in [0.05, 0.1) is 0 Å². The Bertz CT molecular complexity index is 520. The van der Waals surface area contributed by atoms with Crippen molar-refractivity contribution >= 4 is 17.7 Å². The Morgan fingerprint density at radius 2 is 2.20 bits per heavy atom. The summed E-state index contributed by atoms with van der Waals surface area (Å²) < 4.78 is 0. The van der Waals surface area contributed by atoms with Crippen molar-refractivity contribution in [3.63, 3.8) is 0 Å². The Morgan fingerprint density at radius 3 is 2.85 bits per heavy atom. The van der Waals surface area contributed by atoms with E-state index in [0.29, 0.717) is 12.0 Å². The van der Waals surface area contributed by atoms with E-state index in [0.717, 1.165) is 23.4 Å². The van der Waals surface area contributed by atoms with E-state index in [1.54, 1.807) is 6.08 Å². The Labute approximate surface area is 120 Å². The molecule has 0 bridgehead atoms. The predicted molar refractivity (Wildman–Crippen MR) is 83.1 cm³/mol. The molecule has 0 amide bonds. The normalized spacial score (nSPS) is 19.2. The first kappa shape index (κ1) is 14.6. The van der Waals surface area contributed by atoms with Gasteiger partial charge in [-0.2, -0.15) is 0 Å². The number of hydrogen-bond acceptors (Lipinski definition) is 2. The van der Waals surface area contributed by atoms with Crippen molar-refractivity contribution < 1.29 is 9.90 Å². The molecule has 1 aliphatic rings. The van der Waals surface area contributed by atoms with Crippen molar-refractivity contribution in [3.8, 4) is 0 Å². The fourth-order valence-electron chi connectivity index (χ4n) is 3.01. The van der Waals surface area contributed by atoms with Crippen LogP contribution in [0.2, 0.25) is 0 Å². The van der Waals surface area contributed by atoms with E-state index in [9.17, 15) is 4.79 Å². The molecular formula is C17H23NO2. The van der Waals surface area contributed by atoms with Crippen LogP contribution in [-0.4, -0.2) is 23.7 Å². The number of benzene rings is 1. The van der Waals surface area contributed by atoms with Crippen LogP contribution in [0.1, 0.15) is 37.8 Å². The third kappa shape index (κ3) is 3.21. The van der Waals surface area contributed by atoms with Crippen LogP contribution in [0.25, 0.3) is 6.08 Å². The molecule has 3 heteroatoms. The maximum Gasteiger partial charge on any atom is 0.328 e. The van der Waals surface area contributed by atoms with Crippen LogP contribution in [0.15, 0.2) is 24.3 Å². The van der Waals surface area contributed by atoms with Gasteiger partial charge in [-0.15, -0.1) is 0 Å². The minimum absolute atomic E-state index is 0.551. The van der Waals surface area contributed by atoms with Gasteiger partial charge in [0.2, 0.25) is 0 Å². The number of anilines is 1. The second-order valence-electron chi connectivity index (χ2n) is 5.88. The largest absolute Gasteiger partial charge is 0.478 e. The van der Waals surface area contributed by atoms with E-state index in [2.05, 4.69) is 36.9 Å². The maximum absolute atomic E-state index is 10.8. The quantitative estimate of drug-likeness (QED) is 0.850. The van der Waals surface area contributed by atoms with Crippen molar-refractivity contribution in [3.05, 3.63) is 35.4 Å². The van der Waals surface area contributed by atoms with Crippen molar-refractivity contribution in [2.24, 2.45) is 5.92 Å². The molecule has 20 heavy (non-hydrogen) atoms. The Balaban J connectivity index is 2.37. The minimum Gasteiger partial charge on any atom is -0.478 e. The van der Waals surface area contributed by atoms with Gasteiger partial charge >= 0.3 is 5.97 Å². The molecule has 1 N–H and O–H groups in total. The maximum atomic E-state index is 10.8. The fourth-order valence-corrected chi connectivity index (χ4v) is 3.01. The van der Waals surface area contributed by atoms with Crippen LogP contribution in [0.3, 0.4) is 0 Å². The predicted octanol–water partition coefficient (Wildman–Crippen LogP) is 3.72. The highest BCUT2D eigenvalue weighted by Gasteiger charge is 2.28. The summed E-state index contributed by atoms with van der Waals surface area (Å²) >= 11 is 0. The lowest BCUT2D eigenvalue weighted by molar-refractivity contribution is -0.131. The van der Waals surface area contributed by atoms with Gasteiger partial charge in [0.1, 0.15) is 0 Å². The summed E-state index contributed by atoms with van der Waals surface area (Å²) in [7, 11) is 0. The molecule has 0 spiro atoms. The van der Waals surface area contributed by atoms with Gasteiger partial charge in [-0.3, -0.25) is 0 Å². The van der Waals surface area contributed by atoms with Gasteiger partial charge in [-0.1, -0.05) is 25.5 Å². The van der Waals surface area contributed by atoms with Crippen LogP contribution < -0.4 is 4.90 Å². The van der Waals surface area contributed by atoms with Gasteiger partial charge in [0.25, 0.3) is 0 Å². The molecule has 1 aromatic carbocycles. The van der Waals surface area contributed by atoms with Crippen molar-refractivity contribution in [2.75, 3.05) is 11.4 Å². The molecule has 1 aliphatic heterocycles. The average Bonchev–Trinajstić information content (AvgIpc) is 2.85. The van der Waals surface area contributed by atoms with E-state index < -0.39 is 5.97 Å². The first-order valence-corrected chi connectivity index (χ1v) is 7.27. The number of carboxylic acid groups (broad SMARTS) is 1. The molecule has 1 fully saturated rings. The van der Waals surface area contributed by atoms with E-state index in [-0.39, 0.29) is 0 Å². The molecule has 1 heterocycles. The van der Waals surface area contributed by atoms with E-state index >= 15 is 0 Å². The molecule has 3 nitrogen and oxygen atoms in total. The van der Waals surface area contributed by atoms with Crippen LogP contribution >= 0.6 is 0 Å². The molecule has 1 aromatic rings. The first-order chi connectivity index (χ1) is 9.49. The second kappa shape index (κ2) is 6.12. The third-order valence-corrected chi connectivity index (χ3v) is 3.97. The summed E-state index contributed by atoms with van der Waals surface area (Å²) in [6.07, 6.45) is 5.35. The zero-order valence-electron chi connectivity index (χ0n) is 12.5. The highest BCUT2D eigenvalue weighted by Crippen LogP contribution is 2.33. The summed E-state index contributed by atoms with van der Waals surface area (Å²) in [6, 6.07) is 6.83. The molecule has 2 rings (SSSR count). The molecule has 0 radical (unpaired) electrons. The van der Waals surface area contributed by atoms with Crippen LogP contribution in [0.4, 0.5) is 5.69 Å². The molecule has 0 aliphatic carbocycles. The van der Waals surface area contributed by atoms with Gasteiger partial charge in [-0.05, 0) is 49.5 Å². The monoisotopic (exact) mass is 273 g/mol. The zero-order valence-corrected chi connectivity index (χ0v) is 12.5. The summed E-state index contributed by atoms with van der Waals surface area (Å²) in [5.74, 6) is -0.297. The molecule has 0 saturated carbocycles. The van der Waals surface area contributed by atoms with E-state index in [4.69, 9.17) is 5.11 Å². The molecule has 1 saturated heterocycles. The summed E-state index contributed by atoms with van der Waals surface area (Å²) in [4.78, 5) is 13.2. The van der Waals surface area contributed by atoms with Crippen LogP contribution in [0, 0.1) is 12.8 Å².